The van der Waals surface area contributed by atoms with Crippen molar-refractivity contribution in [3.05, 3.63) is 65.5 Å². The van der Waals surface area contributed by atoms with Crippen LogP contribution in [0.1, 0.15) is 27.8 Å². The van der Waals surface area contributed by atoms with E-state index < -0.39 is 0 Å². The first-order valence-electron chi connectivity index (χ1n) is 8.56. The predicted molar refractivity (Wildman–Crippen MR) is 102 cm³/mol. The predicted octanol–water partition coefficient (Wildman–Crippen LogP) is 2.43. The van der Waals surface area contributed by atoms with Crippen LogP contribution in [0.25, 0.3) is 11.0 Å². The molecule has 26 heavy (non-hydrogen) atoms. The zero-order valence-corrected chi connectivity index (χ0v) is 15.3. The summed E-state index contributed by atoms with van der Waals surface area (Å²) >= 11 is 0. The lowest BCUT2D eigenvalue weighted by molar-refractivity contribution is 0.0705. The van der Waals surface area contributed by atoms with Crippen LogP contribution in [0, 0.1) is 0 Å². The van der Waals surface area contributed by atoms with E-state index in [0.717, 1.165) is 23.1 Å². The molecule has 0 unspecified atom stereocenters. The van der Waals surface area contributed by atoms with Crippen LogP contribution in [-0.2, 0) is 6.61 Å². The Bertz CT molecular complexity index is 889. The molecule has 2 aromatic carbocycles. The number of hydrogen-bond donors (Lipinski definition) is 2. The SMILES string of the molecule is CN(C)C[C@H](c1ccccc1)N(C)C(=O)c1ccc2nc(CO)[nH]c2c1. The van der Waals surface area contributed by atoms with Gasteiger partial charge in [0.05, 0.1) is 17.1 Å². The van der Waals surface area contributed by atoms with Crippen molar-refractivity contribution in [2.24, 2.45) is 0 Å². The molecule has 3 rings (SSSR count). The number of hydrogen-bond acceptors (Lipinski definition) is 4. The zero-order valence-electron chi connectivity index (χ0n) is 15.3. The van der Waals surface area contributed by atoms with E-state index >= 15 is 0 Å². The molecule has 0 fully saturated rings. The molecular formula is C20H24N4O2. The van der Waals surface area contributed by atoms with E-state index in [1.807, 2.05) is 51.5 Å². The second-order valence-electron chi connectivity index (χ2n) is 6.68. The van der Waals surface area contributed by atoms with E-state index in [1.165, 1.54) is 0 Å². The summed E-state index contributed by atoms with van der Waals surface area (Å²) in [5.74, 6) is 0.440. The zero-order chi connectivity index (χ0) is 18.7. The minimum absolute atomic E-state index is 0.0517. The van der Waals surface area contributed by atoms with Gasteiger partial charge in [0.1, 0.15) is 12.4 Å². The van der Waals surface area contributed by atoms with Crippen molar-refractivity contribution in [1.82, 2.24) is 19.8 Å². The highest BCUT2D eigenvalue weighted by Crippen LogP contribution is 2.23. The summed E-state index contributed by atoms with van der Waals surface area (Å²) in [4.78, 5) is 24.2. The average molecular weight is 352 g/mol. The Labute approximate surface area is 153 Å². The van der Waals surface area contributed by atoms with Gasteiger partial charge in [-0.1, -0.05) is 30.3 Å². The number of aromatic amines is 1. The van der Waals surface area contributed by atoms with E-state index in [0.29, 0.717) is 11.4 Å². The van der Waals surface area contributed by atoms with E-state index in [4.69, 9.17) is 0 Å². The smallest absolute Gasteiger partial charge is 0.254 e. The number of H-pyrrole nitrogens is 1. The van der Waals surface area contributed by atoms with Crippen molar-refractivity contribution in [3.63, 3.8) is 0 Å². The standard InChI is InChI=1S/C20H24N4O2/c1-23(2)12-18(14-7-5-4-6-8-14)24(3)20(26)15-9-10-16-17(11-15)22-19(13-25)21-16/h4-11,18,25H,12-13H2,1-3H3,(H,21,22)/t18-/m1/s1. The molecule has 0 saturated carbocycles. The highest BCUT2D eigenvalue weighted by Gasteiger charge is 2.23. The molecule has 1 amide bonds. The Morgan fingerprint density at radius 2 is 1.88 bits per heavy atom. The Morgan fingerprint density at radius 3 is 2.54 bits per heavy atom. The minimum atomic E-state index is -0.156. The van der Waals surface area contributed by atoms with Crippen molar-refractivity contribution in [1.29, 1.82) is 0 Å². The molecule has 0 saturated heterocycles. The molecule has 0 radical (unpaired) electrons. The molecule has 1 atom stereocenters. The van der Waals surface area contributed by atoms with Gasteiger partial charge in [0.2, 0.25) is 0 Å². The summed E-state index contributed by atoms with van der Waals surface area (Å²) in [6.45, 7) is 0.573. The van der Waals surface area contributed by atoms with Crippen LogP contribution in [0.4, 0.5) is 0 Å². The lowest BCUT2D eigenvalue weighted by Gasteiger charge is -2.31. The fourth-order valence-electron chi connectivity index (χ4n) is 3.09. The van der Waals surface area contributed by atoms with Crippen LogP contribution in [0.15, 0.2) is 48.5 Å². The summed E-state index contributed by atoms with van der Waals surface area (Å²) in [5.41, 5.74) is 3.17. The first-order chi connectivity index (χ1) is 12.5. The van der Waals surface area contributed by atoms with Crippen molar-refractivity contribution in [2.75, 3.05) is 27.7 Å². The molecule has 1 aromatic heterocycles. The molecule has 0 aliphatic carbocycles. The number of benzene rings is 2. The molecule has 136 valence electrons. The van der Waals surface area contributed by atoms with Crippen molar-refractivity contribution < 1.29 is 9.90 Å². The van der Waals surface area contributed by atoms with Gasteiger partial charge in [-0.15, -0.1) is 0 Å². The van der Waals surface area contributed by atoms with Crippen LogP contribution in [0.2, 0.25) is 0 Å². The highest BCUT2D eigenvalue weighted by atomic mass is 16.3. The second kappa shape index (κ2) is 7.68. The number of rotatable bonds is 6. The van der Waals surface area contributed by atoms with Gasteiger partial charge in [-0.2, -0.15) is 0 Å². The summed E-state index contributed by atoms with van der Waals surface area (Å²) in [5, 5.41) is 9.21. The lowest BCUT2D eigenvalue weighted by atomic mass is 10.0. The topological polar surface area (TPSA) is 72.5 Å². The van der Waals surface area contributed by atoms with Gasteiger partial charge < -0.3 is 19.9 Å². The number of nitrogens with one attached hydrogen (secondary N) is 1. The summed E-state index contributed by atoms with van der Waals surface area (Å²) < 4.78 is 0. The number of likely N-dealkylation sites (N-methyl/N-ethyl adjacent to an activating group) is 2. The van der Waals surface area contributed by atoms with Crippen LogP contribution < -0.4 is 0 Å². The van der Waals surface area contributed by atoms with Gasteiger partial charge in [-0.3, -0.25) is 4.79 Å². The summed E-state index contributed by atoms with van der Waals surface area (Å²) in [6, 6.07) is 15.4. The molecule has 0 spiro atoms. The summed E-state index contributed by atoms with van der Waals surface area (Å²) in [7, 11) is 5.84. The molecule has 2 N–H and O–H groups in total. The van der Waals surface area contributed by atoms with Gasteiger partial charge >= 0.3 is 0 Å². The highest BCUT2D eigenvalue weighted by molar-refractivity contribution is 5.97. The Hall–Kier alpha value is -2.70. The van der Waals surface area contributed by atoms with Crippen LogP contribution in [0.3, 0.4) is 0 Å². The molecule has 3 aromatic rings. The average Bonchev–Trinajstić information content (AvgIpc) is 3.08. The molecule has 6 heteroatoms. The molecule has 0 bridgehead atoms. The normalized spacial score (nSPS) is 12.5. The van der Waals surface area contributed by atoms with Crippen LogP contribution >= 0.6 is 0 Å². The maximum Gasteiger partial charge on any atom is 0.254 e. The summed E-state index contributed by atoms with van der Waals surface area (Å²) in [6.07, 6.45) is 0. The molecule has 0 aliphatic rings. The van der Waals surface area contributed by atoms with Crippen molar-refractivity contribution in [3.8, 4) is 0 Å². The largest absolute Gasteiger partial charge is 0.388 e. The number of fused-ring (bicyclic) bond motifs is 1. The first kappa shape index (κ1) is 18.1. The van der Waals surface area contributed by atoms with E-state index in [2.05, 4.69) is 14.9 Å². The Balaban J connectivity index is 1.90. The number of carbonyl (C=O) groups excluding carboxylic acids is 1. The number of aromatic nitrogens is 2. The first-order valence-corrected chi connectivity index (χ1v) is 8.56. The molecule has 6 nitrogen and oxygen atoms in total. The second-order valence-corrected chi connectivity index (χ2v) is 6.68. The number of aliphatic hydroxyl groups is 1. The van der Waals surface area contributed by atoms with Gasteiger partial charge in [0.25, 0.3) is 5.91 Å². The molecular weight excluding hydrogens is 328 g/mol. The third-order valence-electron chi connectivity index (χ3n) is 4.44. The van der Waals surface area contributed by atoms with Gasteiger partial charge in [-0.05, 0) is 37.9 Å². The van der Waals surface area contributed by atoms with Gasteiger partial charge in [0, 0.05) is 19.2 Å². The van der Waals surface area contributed by atoms with Crippen LogP contribution in [-0.4, -0.2) is 58.5 Å². The number of imidazole rings is 1. The molecule has 1 heterocycles. The fourth-order valence-corrected chi connectivity index (χ4v) is 3.09. The Kier molecular flexibility index (Phi) is 5.35. The number of carbonyl (C=O) groups is 1. The Morgan fingerprint density at radius 1 is 1.15 bits per heavy atom. The van der Waals surface area contributed by atoms with E-state index in [1.54, 1.807) is 23.1 Å². The van der Waals surface area contributed by atoms with Gasteiger partial charge in [-0.25, -0.2) is 4.98 Å². The number of aliphatic hydroxyl groups excluding tert-OH is 1. The van der Waals surface area contributed by atoms with Crippen molar-refractivity contribution in [2.45, 2.75) is 12.6 Å². The molecule has 0 aliphatic heterocycles. The van der Waals surface area contributed by atoms with E-state index in [-0.39, 0.29) is 18.6 Å². The maximum atomic E-state index is 13.1. The minimum Gasteiger partial charge on any atom is -0.388 e. The van der Waals surface area contributed by atoms with Crippen molar-refractivity contribution >= 4 is 16.9 Å². The number of nitrogens with zero attached hydrogens (tertiary/aromatic N) is 3. The van der Waals surface area contributed by atoms with E-state index in [9.17, 15) is 9.90 Å². The van der Waals surface area contributed by atoms with Gasteiger partial charge in [0.15, 0.2) is 0 Å². The third-order valence-corrected chi connectivity index (χ3v) is 4.44. The monoisotopic (exact) mass is 352 g/mol. The maximum absolute atomic E-state index is 13.1. The quantitative estimate of drug-likeness (QED) is 0.715. The third kappa shape index (κ3) is 3.76. The number of amides is 1. The van der Waals surface area contributed by atoms with Crippen LogP contribution in [0.5, 0.6) is 0 Å². The fraction of sp³-hybridized carbons (Fsp3) is 0.300. The lowest BCUT2D eigenvalue weighted by Crippen LogP contribution is -2.37.